The van der Waals surface area contributed by atoms with Gasteiger partial charge in [-0.1, -0.05) is 11.6 Å². The summed E-state index contributed by atoms with van der Waals surface area (Å²) in [5.41, 5.74) is -0.100. The van der Waals surface area contributed by atoms with Gasteiger partial charge in [-0.2, -0.15) is 4.98 Å². The number of carbonyl (C=O) groups is 1. The molecule has 1 aromatic heterocycles. The molecule has 1 saturated heterocycles. The average Bonchev–Trinajstić information content (AvgIpc) is 3.47. The van der Waals surface area contributed by atoms with Crippen molar-refractivity contribution in [2.45, 2.75) is 68.7 Å². The zero-order chi connectivity index (χ0) is 24.7. The topological polar surface area (TPSA) is 120 Å². The average molecular weight is 521 g/mol. The first kappa shape index (κ1) is 25.3. The van der Waals surface area contributed by atoms with Crippen LogP contribution in [-0.2, 0) is 24.9 Å². The molecule has 10 nitrogen and oxygen atoms in total. The zero-order valence-corrected chi connectivity index (χ0v) is 20.9. The highest BCUT2D eigenvalue weighted by atomic mass is 35.5. The third-order valence-corrected chi connectivity index (χ3v) is 8.51. The molecule has 0 aromatic carbocycles. The van der Waals surface area contributed by atoms with Crippen molar-refractivity contribution in [1.29, 1.82) is 0 Å². The number of sulfonamides is 1. The Morgan fingerprint density at radius 2 is 2.15 bits per heavy atom. The SMILES string of the molecule is COC(=O)N1[C@H](C)C[C@H](NS(=O)(=O)CF)[C@@H]1CO[C@H]1CC[C@@]2(c3ncc(Cl)c(OC)n3)C[C@H]2C1. The Bertz CT molecular complexity index is 1030. The lowest BCUT2D eigenvalue weighted by Gasteiger charge is -2.32. The number of methoxy groups -OCH3 is 2. The molecule has 2 aliphatic carbocycles. The van der Waals surface area contributed by atoms with E-state index in [1.54, 1.807) is 13.1 Å². The van der Waals surface area contributed by atoms with Crippen LogP contribution in [0, 0.1) is 5.92 Å². The number of aromatic nitrogens is 2. The van der Waals surface area contributed by atoms with Gasteiger partial charge < -0.3 is 14.2 Å². The van der Waals surface area contributed by atoms with Gasteiger partial charge in [0.15, 0.2) is 0 Å². The Kier molecular flexibility index (Phi) is 7.24. The van der Waals surface area contributed by atoms with Gasteiger partial charge in [0.05, 0.1) is 39.2 Å². The molecular weight excluding hydrogens is 491 g/mol. The van der Waals surface area contributed by atoms with Crippen molar-refractivity contribution in [2.75, 3.05) is 26.8 Å². The minimum atomic E-state index is -4.09. The first-order valence-corrected chi connectivity index (χ1v) is 13.3. The summed E-state index contributed by atoms with van der Waals surface area (Å²) in [4.78, 5) is 22.8. The molecule has 1 aliphatic heterocycles. The van der Waals surface area contributed by atoms with Gasteiger partial charge in [-0.25, -0.2) is 27.3 Å². The number of nitrogens with zero attached hydrogens (tertiary/aromatic N) is 3. The van der Waals surface area contributed by atoms with Gasteiger partial charge in [0.25, 0.3) is 0 Å². The first-order chi connectivity index (χ1) is 16.1. The second kappa shape index (κ2) is 9.71. The van der Waals surface area contributed by atoms with Crippen LogP contribution in [0.1, 0.15) is 44.9 Å². The van der Waals surface area contributed by atoms with Gasteiger partial charge in [0.2, 0.25) is 21.9 Å². The number of amides is 1. The zero-order valence-electron chi connectivity index (χ0n) is 19.4. The summed E-state index contributed by atoms with van der Waals surface area (Å²) >= 11 is 6.07. The number of halogens is 2. The van der Waals surface area contributed by atoms with Gasteiger partial charge in [-0.15, -0.1) is 0 Å². The Balaban J connectivity index is 1.41. The Hall–Kier alpha value is -1.76. The highest BCUT2D eigenvalue weighted by Crippen LogP contribution is 2.62. The lowest BCUT2D eigenvalue weighted by atomic mass is 9.86. The van der Waals surface area contributed by atoms with Crippen LogP contribution in [-0.4, -0.2) is 80.4 Å². The second-order valence-corrected chi connectivity index (χ2v) is 11.4. The number of hydrogen-bond donors (Lipinski definition) is 1. The molecule has 4 rings (SSSR count). The minimum absolute atomic E-state index is 0.0522. The van der Waals surface area contributed by atoms with Gasteiger partial charge >= 0.3 is 6.09 Å². The van der Waals surface area contributed by atoms with E-state index in [-0.39, 0.29) is 24.2 Å². The molecule has 2 heterocycles. The third-order valence-electron chi connectivity index (χ3n) is 7.30. The normalized spacial score (nSPS) is 32.9. The lowest BCUT2D eigenvalue weighted by molar-refractivity contribution is -0.0103. The monoisotopic (exact) mass is 520 g/mol. The number of ether oxygens (including phenoxy) is 3. The van der Waals surface area contributed by atoms with E-state index < -0.39 is 34.2 Å². The highest BCUT2D eigenvalue weighted by Gasteiger charge is 2.60. The van der Waals surface area contributed by atoms with E-state index in [2.05, 4.69) is 14.7 Å². The number of hydrogen-bond acceptors (Lipinski definition) is 8. The van der Waals surface area contributed by atoms with Gasteiger partial charge in [0, 0.05) is 17.5 Å². The van der Waals surface area contributed by atoms with E-state index in [1.807, 2.05) is 0 Å². The van der Waals surface area contributed by atoms with E-state index in [0.29, 0.717) is 23.2 Å². The quantitative estimate of drug-likeness (QED) is 0.555. The fourth-order valence-corrected chi connectivity index (χ4v) is 6.47. The summed E-state index contributed by atoms with van der Waals surface area (Å²) in [6.45, 7) is 1.92. The molecule has 34 heavy (non-hydrogen) atoms. The van der Waals surface area contributed by atoms with Gasteiger partial charge in [-0.05, 0) is 44.9 Å². The second-order valence-electron chi connectivity index (χ2n) is 9.32. The number of nitrogens with one attached hydrogen (secondary N) is 1. The van der Waals surface area contributed by atoms with Crippen molar-refractivity contribution in [3.05, 3.63) is 17.0 Å². The Morgan fingerprint density at radius 1 is 1.38 bits per heavy atom. The molecule has 0 unspecified atom stereocenters. The third kappa shape index (κ3) is 4.82. The maximum atomic E-state index is 12.9. The van der Waals surface area contributed by atoms with E-state index in [1.165, 1.54) is 19.1 Å². The molecule has 2 saturated carbocycles. The molecular formula is C21H30ClFN4O6S. The molecule has 1 N–H and O–H groups in total. The molecule has 1 aromatic rings. The molecule has 3 fully saturated rings. The summed E-state index contributed by atoms with van der Waals surface area (Å²) in [6.07, 6.45) is 4.65. The maximum absolute atomic E-state index is 12.9. The van der Waals surface area contributed by atoms with Crippen LogP contribution in [0.15, 0.2) is 6.20 Å². The molecule has 1 amide bonds. The van der Waals surface area contributed by atoms with E-state index in [9.17, 15) is 17.6 Å². The number of alkyl halides is 1. The fourth-order valence-electron chi connectivity index (χ4n) is 5.52. The predicted octanol–water partition coefficient (Wildman–Crippen LogP) is 2.41. The summed E-state index contributed by atoms with van der Waals surface area (Å²) < 4.78 is 55.3. The maximum Gasteiger partial charge on any atom is 0.410 e. The van der Waals surface area contributed by atoms with Crippen molar-refractivity contribution in [3.63, 3.8) is 0 Å². The highest BCUT2D eigenvalue weighted by molar-refractivity contribution is 7.89. The van der Waals surface area contributed by atoms with Crippen molar-refractivity contribution in [1.82, 2.24) is 19.6 Å². The summed E-state index contributed by atoms with van der Waals surface area (Å²) in [5.74, 6) is 1.46. The molecule has 0 spiro atoms. The number of likely N-dealkylation sites (tertiary alicyclic amines) is 1. The van der Waals surface area contributed by atoms with Gasteiger partial charge in [0.1, 0.15) is 10.8 Å². The molecule has 6 atom stereocenters. The van der Waals surface area contributed by atoms with Crippen molar-refractivity contribution >= 4 is 27.7 Å². The summed E-state index contributed by atoms with van der Waals surface area (Å²) in [7, 11) is -1.30. The predicted molar refractivity (Wildman–Crippen MR) is 121 cm³/mol. The van der Waals surface area contributed by atoms with Crippen LogP contribution < -0.4 is 9.46 Å². The van der Waals surface area contributed by atoms with Crippen LogP contribution >= 0.6 is 11.6 Å². The van der Waals surface area contributed by atoms with Crippen molar-refractivity contribution < 1.29 is 31.8 Å². The molecule has 0 radical (unpaired) electrons. The summed E-state index contributed by atoms with van der Waals surface area (Å²) in [5, 5.41) is 0.371. The van der Waals surface area contributed by atoms with Crippen LogP contribution in [0.4, 0.5) is 9.18 Å². The van der Waals surface area contributed by atoms with Crippen LogP contribution in [0.25, 0.3) is 0 Å². The Labute approximate surface area is 203 Å². The van der Waals surface area contributed by atoms with Crippen molar-refractivity contribution in [3.8, 4) is 5.88 Å². The first-order valence-electron chi connectivity index (χ1n) is 11.2. The smallest absolute Gasteiger partial charge is 0.410 e. The number of rotatable bonds is 8. The number of carbonyl (C=O) groups excluding carboxylic acids is 1. The largest absolute Gasteiger partial charge is 0.480 e. The lowest BCUT2D eigenvalue weighted by Crippen LogP contribution is -2.50. The van der Waals surface area contributed by atoms with Gasteiger partial charge in [-0.3, -0.25) is 4.90 Å². The Morgan fingerprint density at radius 3 is 2.79 bits per heavy atom. The molecule has 0 bridgehead atoms. The van der Waals surface area contributed by atoms with Crippen molar-refractivity contribution in [2.24, 2.45) is 5.92 Å². The van der Waals surface area contributed by atoms with E-state index in [4.69, 9.17) is 25.8 Å². The van der Waals surface area contributed by atoms with E-state index >= 15 is 0 Å². The standard InChI is InChI=1S/C21H30ClFN4O6S/c1-12-6-16(26-34(29,30)11-23)17(27(12)20(28)32-3)10-33-14-4-5-21(8-13(21)7-14)19-24-9-15(22)18(25-19)31-2/h9,12-14,16-17,26H,4-8,10-11H2,1-3H3/t12-,13-,14+,16+,17+,21-/m1/s1. The van der Waals surface area contributed by atoms with Crippen LogP contribution in [0.2, 0.25) is 5.02 Å². The van der Waals surface area contributed by atoms with Crippen LogP contribution in [0.3, 0.4) is 0 Å². The molecule has 13 heteroatoms. The molecule has 3 aliphatic rings. The fraction of sp³-hybridized carbons (Fsp3) is 0.762. The van der Waals surface area contributed by atoms with E-state index in [0.717, 1.165) is 31.5 Å². The summed E-state index contributed by atoms with van der Waals surface area (Å²) in [6, 6.07) is -3.06. The molecule has 190 valence electrons. The number of fused-ring (bicyclic) bond motifs is 1. The van der Waals surface area contributed by atoms with Crippen LogP contribution in [0.5, 0.6) is 5.88 Å². The minimum Gasteiger partial charge on any atom is -0.480 e.